The first-order valence-corrected chi connectivity index (χ1v) is 5.61. The van der Waals surface area contributed by atoms with Gasteiger partial charge in [-0.15, -0.1) is 0 Å². The summed E-state index contributed by atoms with van der Waals surface area (Å²) < 4.78 is 48.8. The van der Waals surface area contributed by atoms with Crippen LogP contribution in [0.3, 0.4) is 0 Å². The van der Waals surface area contributed by atoms with Crippen LogP contribution in [0.2, 0.25) is 0 Å². The first kappa shape index (κ1) is 14.8. The molecule has 1 aromatic carbocycles. The Hall–Kier alpha value is -1.27. The molecule has 6 heteroatoms. The van der Waals surface area contributed by atoms with Gasteiger partial charge in [0, 0.05) is 26.9 Å². The van der Waals surface area contributed by atoms with Crippen molar-refractivity contribution in [2.45, 2.75) is 6.42 Å². The predicted octanol–water partition coefficient (Wildman–Crippen LogP) is 2.57. The van der Waals surface area contributed by atoms with Crippen LogP contribution in [0.15, 0.2) is 12.1 Å². The van der Waals surface area contributed by atoms with Gasteiger partial charge in [0.1, 0.15) is 0 Å². The smallest absolute Gasteiger partial charge is 0.196 e. The largest absolute Gasteiger partial charge is 0.385 e. The normalized spacial score (nSPS) is 10.7. The molecule has 1 N–H and O–H groups in total. The quantitative estimate of drug-likeness (QED) is 0.577. The van der Waals surface area contributed by atoms with Crippen LogP contribution in [-0.2, 0) is 9.47 Å². The fraction of sp³-hybridized carbons (Fsp3) is 0.500. The highest BCUT2D eigenvalue weighted by Crippen LogP contribution is 2.19. The molecule has 18 heavy (non-hydrogen) atoms. The second-order valence-corrected chi connectivity index (χ2v) is 3.61. The zero-order valence-corrected chi connectivity index (χ0v) is 10.1. The third-order valence-electron chi connectivity index (χ3n) is 2.23. The maximum Gasteiger partial charge on any atom is 0.196 e. The number of rotatable bonds is 8. The summed E-state index contributed by atoms with van der Waals surface area (Å²) in [6.45, 7) is 1.82. The molecule has 0 fully saturated rings. The molecule has 0 atom stereocenters. The summed E-state index contributed by atoms with van der Waals surface area (Å²) in [6, 6.07) is 2.03. The average molecular weight is 263 g/mol. The molecular formula is C12H16F3NO2. The predicted molar refractivity (Wildman–Crippen MR) is 62.1 cm³/mol. The van der Waals surface area contributed by atoms with E-state index in [1.165, 1.54) is 0 Å². The average Bonchev–Trinajstić information content (AvgIpc) is 2.37. The van der Waals surface area contributed by atoms with Gasteiger partial charge in [0.2, 0.25) is 0 Å². The lowest BCUT2D eigenvalue weighted by atomic mass is 10.3. The van der Waals surface area contributed by atoms with Crippen LogP contribution in [0.5, 0.6) is 0 Å². The Morgan fingerprint density at radius 2 is 1.83 bits per heavy atom. The van der Waals surface area contributed by atoms with Crippen LogP contribution in [0.4, 0.5) is 18.9 Å². The van der Waals surface area contributed by atoms with Crippen molar-refractivity contribution in [3.63, 3.8) is 0 Å². The number of halogens is 3. The van der Waals surface area contributed by atoms with Crippen LogP contribution >= 0.6 is 0 Å². The molecule has 102 valence electrons. The van der Waals surface area contributed by atoms with Gasteiger partial charge >= 0.3 is 0 Å². The van der Waals surface area contributed by atoms with Crippen LogP contribution < -0.4 is 5.32 Å². The molecule has 0 spiro atoms. The van der Waals surface area contributed by atoms with Crippen LogP contribution in [-0.4, -0.2) is 33.5 Å². The van der Waals surface area contributed by atoms with Gasteiger partial charge in [0.05, 0.1) is 12.3 Å². The standard InChI is InChI=1S/C12H16F3NO2/c1-17-6-2-7-18-8-5-16-10-4-3-9(13)11(14)12(10)15/h3-4,16H,2,5-8H2,1H3. The van der Waals surface area contributed by atoms with E-state index in [0.29, 0.717) is 26.4 Å². The number of nitrogens with one attached hydrogen (secondary N) is 1. The molecule has 0 bridgehead atoms. The van der Waals surface area contributed by atoms with Gasteiger partial charge in [-0.05, 0) is 18.6 Å². The second kappa shape index (κ2) is 7.94. The molecule has 0 aliphatic carbocycles. The maximum atomic E-state index is 13.2. The molecule has 3 nitrogen and oxygen atoms in total. The lowest BCUT2D eigenvalue weighted by Gasteiger charge is -2.08. The van der Waals surface area contributed by atoms with Gasteiger partial charge in [-0.1, -0.05) is 0 Å². The van der Waals surface area contributed by atoms with Crippen molar-refractivity contribution in [1.29, 1.82) is 0 Å². The van der Waals surface area contributed by atoms with Crippen molar-refractivity contribution >= 4 is 5.69 Å². The molecule has 0 heterocycles. The molecule has 0 aromatic heterocycles. The fourth-order valence-corrected chi connectivity index (χ4v) is 1.33. The lowest BCUT2D eigenvalue weighted by Crippen LogP contribution is -2.12. The summed E-state index contributed by atoms with van der Waals surface area (Å²) in [5.74, 6) is -3.88. The summed E-state index contributed by atoms with van der Waals surface area (Å²) in [5.41, 5.74) is -0.0746. The monoisotopic (exact) mass is 263 g/mol. The van der Waals surface area contributed by atoms with Gasteiger partial charge in [-0.2, -0.15) is 0 Å². The number of hydrogen-bond donors (Lipinski definition) is 1. The van der Waals surface area contributed by atoms with E-state index < -0.39 is 17.5 Å². The molecule has 1 rings (SSSR count). The topological polar surface area (TPSA) is 30.5 Å². The molecule has 0 amide bonds. The highest BCUT2D eigenvalue weighted by atomic mass is 19.2. The highest BCUT2D eigenvalue weighted by molar-refractivity contribution is 5.45. The first-order chi connectivity index (χ1) is 8.66. The van der Waals surface area contributed by atoms with E-state index in [1.54, 1.807) is 7.11 Å². The Balaban J connectivity index is 2.25. The SMILES string of the molecule is COCCCOCCNc1ccc(F)c(F)c1F. The summed E-state index contributed by atoms with van der Waals surface area (Å²) in [7, 11) is 1.60. The van der Waals surface area contributed by atoms with Crippen molar-refractivity contribution in [3.8, 4) is 0 Å². The third-order valence-corrected chi connectivity index (χ3v) is 2.23. The summed E-state index contributed by atoms with van der Waals surface area (Å²) in [6.07, 6.45) is 0.774. The minimum absolute atomic E-state index is 0.0746. The van der Waals surface area contributed by atoms with E-state index in [1.807, 2.05) is 0 Å². The van der Waals surface area contributed by atoms with Crippen LogP contribution in [0.25, 0.3) is 0 Å². The minimum Gasteiger partial charge on any atom is -0.385 e. The number of benzene rings is 1. The van der Waals surface area contributed by atoms with Crippen molar-refractivity contribution in [1.82, 2.24) is 0 Å². The van der Waals surface area contributed by atoms with Crippen molar-refractivity contribution in [3.05, 3.63) is 29.6 Å². The molecule has 0 unspecified atom stereocenters. The van der Waals surface area contributed by atoms with Gasteiger partial charge < -0.3 is 14.8 Å². The molecule has 0 saturated carbocycles. The summed E-state index contributed by atoms with van der Waals surface area (Å²) in [5, 5.41) is 2.63. The summed E-state index contributed by atoms with van der Waals surface area (Å²) in [4.78, 5) is 0. The Labute approximate surface area is 104 Å². The van der Waals surface area contributed by atoms with E-state index in [9.17, 15) is 13.2 Å². The molecule has 0 aliphatic heterocycles. The number of anilines is 1. The highest BCUT2D eigenvalue weighted by Gasteiger charge is 2.12. The van der Waals surface area contributed by atoms with E-state index >= 15 is 0 Å². The first-order valence-electron chi connectivity index (χ1n) is 5.61. The Bertz CT molecular complexity index is 375. The van der Waals surface area contributed by atoms with Gasteiger partial charge in [0.25, 0.3) is 0 Å². The van der Waals surface area contributed by atoms with E-state index in [0.717, 1.165) is 18.6 Å². The third kappa shape index (κ3) is 4.54. The van der Waals surface area contributed by atoms with E-state index in [-0.39, 0.29) is 5.69 Å². The molecule has 1 aromatic rings. The number of ether oxygens (including phenoxy) is 2. The zero-order valence-electron chi connectivity index (χ0n) is 10.1. The Morgan fingerprint density at radius 1 is 1.06 bits per heavy atom. The minimum atomic E-state index is -1.47. The summed E-state index contributed by atoms with van der Waals surface area (Å²) >= 11 is 0. The maximum absolute atomic E-state index is 13.2. The Morgan fingerprint density at radius 3 is 2.56 bits per heavy atom. The molecule has 0 saturated heterocycles. The van der Waals surface area contributed by atoms with Crippen LogP contribution in [0, 0.1) is 17.5 Å². The van der Waals surface area contributed by atoms with Crippen molar-refractivity contribution in [2.75, 3.05) is 38.8 Å². The Kier molecular flexibility index (Phi) is 6.53. The molecular weight excluding hydrogens is 247 g/mol. The van der Waals surface area contributed by atoms with E-state index in [4.69, 9.17) is 9.47 Å². The molecule has 0 aliphatic rings. The number of methoxy groups -OCH3 is 1. The van der Waals surface area contributed by atoms with Gasteiger partial charge in [-0.25, -0.2) is 13.2 Å². The number of hydrogen-bond acceptors (Lipinski definition) is 3. The van der Waals surface area contributed by atoms with Crippen molar-refractivity contribution in [2.24, 2.45) is 0 Å². The van der Waals surface area contributed by atoms with Gasteiger partial charge in [-0.3, -0.25) is 0 Å². The van der Waals surface area contributed by atoms with E-state index in [2.05, 4.69) is 5.32 Å². The van der Waals surface area contributed by atoms with Crippen LogP contribution in [0.1, 0.15) is 6.42 Å². The molecule has 0 radical (unpaired) electrons. The fourth-order valence-electron chi connectivity index (χ4n) is 1.33. The second-order valence-electron chi connectivity index (χ2n) is 3.61. The zero-order chi connectivity index (χ0) is 13.4. The lowest BCUT2D eigenvalue weighted by molar-refractivity contribution is 0.109. The van der Waals surface area contributed by atoms with Gasteiger partial charge in [0.15, 0.2) is 17.5 Å². The van der Waals surface area contributed by atoms with Crippen molar-refractivity contribution < 1.29 is 22.6 Å².